The third-order valence-electron chi connectivity index (χ3n) is 6.91. The Labute approximate surface area is 286 Å². The lowest BCUT2D eigenvalue weighted by Gasteiger charge is -2.17. The van der Waals surface area contributed by atoms with Crippen LogP contribution in [0.25, 0.3) is 6.08 Å². The molecule has 1 unspecified atom stereocenters. The molecule has 3 amide bonds. The summed E-state index contributed by atoms with van der Waals surface area (Å²) in [5.74, 6) is -0.0387. The minimum Gasteiger partial charge on any atom is -0.496 e. The smallest absolute Gasteiger partial charge is 0.272 e. The quantitative estimate of drug-likeness (QED) is 0.0892. The van der Waals surface area contributed by atoms with E-state index in [1.54, 1.807) is 72.2 Å². The van der Waals surface area contributed by atoms with Gasteiger partial charge in [0.15, 0.2) is 16.6 Å². The molecule has 0 spiro atoms. The molecule has 0 saturated carbocycles. The second-order valence-corrected chi connectivity index (χ2v) is 12.1. The minimum absolute atomic E-state index is 0.0441. The Bertz CT molecular complexity index is 1900. The van der Waals surface area contributed by atoms with Gasteiger partial charge in [-0.1, -0.05) is 54.6 Å². The summed E-state index contributed by atoms with van der Waals surface area (Å²) in [4.78, 5) is 45.3. The van der Waals surface area contributed by atoms with Gasteiger partial charge in [-0.05, 0) is 48.0 Å². The lowest BCUT2D eigenvalue weighted by atomic mass is 10.1. The molecule has 5 rings (SSSR count). The van der Waals surface area contributed by atoms with E-state index in [4.69, 9.17) is 14.2 Å². The molecule has 12 heteroatoms. The van der Waals surface area contributed by atoms with Crippen LogP contribution in [-0.2, 0) is 9.59 Å². The molecule has 244 valence electrons. The molecule has 1 atom stereocenters. The van der Waals surface area contributed by atoms with Crippen LogP contribution in [0.3, 0.4) is 0 Å². The van der Waals surface area contributed by atoms with E-state index in [0.29, 0.717) is 39.2 Å². The molecule has 0 aliphatic carbocycles. The van der Waals surface area contributed by atoms with Crippen molar-refractivity contribution in [2.45, 2.75) is 10.1 Å². The van der Waals surface area contributed by atoms with Crippen LogP contribution in [0.4, 0.5) is 10.8 Å². The molecule has 4 aromatic carbocycles. The molecule has 5 aromatic rings. The Morgan fingerprint density at radius 1 is 0.792 bits per heavy atom. The maximum absolute atomic E-state index is 13.8. The summed E-state index contributed by atoms with van der Waals surface area (Å²) >= 11 is 2.67. The number of thiazole rings is 1. The van der Waals surface area contributed by atoms with Gasteiger partial charge in [0, 0.05) is 39.4 Å². The van der Waals surface area contributed by atoms with Gasteiger partial charge in [-0.2, -0.15) is 0 Å². The summed E-state index contributed by atoms with van der Waals surface area (Å²) in [7, 11) is 4.50. The zero-order valence-electron chi connectivity index (χ0n) is 26.3. The molecule has 0 saturated heterocycles. The predicted octanol–water partition coefficient (Wildman–Crippen LogP) is 7.05. The van der Waals surface area contributed by atoms with Gasteiger partial charge in [0.05, 0.1) is 21.3 Å². The summed E-state index contributed by atoms with van der Waals surface area (Å²) < 4.78 is 16.4. The van der Waals surface area contributed by atoms with Gasteiger partial charge in [-0.3, -0.25) is 14.4 Å². The molecular weight excluding hydrogens is 649 g/mol. The number of aromatic nitrogens is 1. The highest BCUT2D eigenvalue weighted by atomic mass is 32.2. The first-order valence-electron chi connectivity index (χ1n) is 14.6. The molecule has 48 heavy (non-hydrogen) atoms. The van der Waals surface area contributed by atoms with Crippen molar-refractivity contribution in [1.29, 1.82) is 0 Å². The average molecular weight is 681 g/mol. The van der Waals surface area contributed by atoms with E-state index in [-0.39, 0.29) is 11.6 Å². The third kappa shape index (κ3) is 8.60. The number of benzene rings is 4. The van der Waals surface area contributed by atoms with Gasteiger partial charge in [-0.25, -0.2) is 4.98 Å². The van der Waals surface area contributed by atoms with Crippen LogP contribution in [0.1, 0.15) is 26.7 Å². The van der Waals surface area contributed by atoms with Crippen LogP contribution in [0.2, 0.25) is 0 Å². The molecule has 10 nitrogen and oxygen atoms in total. The molecular formula is C36H32N4O6S2. The second-order valence-electron chi connectivity index (χ2n) is 10.0. The Morgan fingerprint density at radius 3 is 2.15 bits per heavy atom. The molecule has 1 aromatic heterocycles. The lowest BCUT2D eigenvalue weighted by molar-refractivity contribution is -0.116. The molecule has 1 heterocycles. The van der Waals surface area contributed by atoms with E-state index in [1.807, 2.05) is 36.4 Å². The van der Waals surface area contributed by atoms with Crippen LogP contribution in [0, 0.1) is 0 Å². The van der Waals surface area contributed by atoms with Crippen molar-refractivity contribution in [3.63, 3.8) is 0 Å². The van der Waals surface area contributed by atoms with Crippen molar-refractivity contribution in [2.24, 2.45) is 0 Å². The van der Waals surface area contributed by atoms with Gasteiger partial charge >= 0.3 is 0 Å². The van der Waals surface area contributed by atoms with Crippen LogP contribution in [0.15, 0.2) is 119 Å². The number of rotatable bonds is 13. The number of methoxy groups -OCH3 is 3. The number of hydrogen-bond acceptors (Lipinski definition) is 9. The van der Waals surface area contributed by atoms with Crippen molar-refractivity contribution >= 4 is 57.7 Å². The van der Waals surface area contributed by atoms with E-state index >= 15 is 0 Å². The van der Waals surface area contributed by atoms with Crippen LogP contribution in [0.5, 0.6) is 17.2 Å². The third-order valence-corrected chi connectivity index (χ3v) is 8.85. The standard InChI is InChI=1S/C36H32N4O6S2/c1-44-29-22-31(46-3)30(45-2)20-25(29)19-28(39-33(41)24-13-8-5-9-14-24)34(42)38-26-15-10-16-27(21-26)48-32(23-11-6-4-7-12-23)35(43)40-36-37-17-18-47-36/h4-22,32H,1-3H3,(H,38,42)(H,39,41)(H,37,40,43)/b28-19+. The van der Waals surface area contributed by atoms with E-state index < -0.39 is 17.1 Å². The zero-order chi connectivity index (χ0) is 33.9. The summed E-state index contributed by atoms with van der Waals surface area (Å²) in [6, 6.07) is 28.4. The Balaban J connectivity index is 1.44. The highest BCUT2D eigenvalue weighted by Gasteiger charge is 2.24. The van der Waals surface area contributed by atoms with Crippen molar-refractivity contribution in [1.82, 2.24) is 10.3 Å². The number of carbonyl (C=O) groups excluding carboxylic acids is 3. The topological polar surface area (TPSA) is 128 Å². The summed E-state index contributed by atoms with van der Waals surface area (Å²) in [6.45, 7) is 0. The van der Waals surface area contributed by atoms with Crippen molar-refractivity contribution < 1.29 is 28.6 Å². The SMILES string of the molecule is COc1cc(OC)c(OC)cc1/C=C(/NC(=O)c1ccccc1)C(=O)Nc1cccc(SC(C(=O)Nc2nccs2)c2ccccc2)c1. The van der Waals surface area contributed by atoms with Crippen molar-refractivity contribution in [2.75, 3.05) is 32.0 Å². The highest BCUT2D eigenvalue weighted by Crippen LogP contribution is 2.38. The lowest BCUT2D eigenvalue weighted by Crippen LogP contribution is -2.30. The highest BCUT2D eigenvalue weighted by molar-refractivity contribution is 8.00. The average Bonchev–Trinajstić information content (AvgIpc) is 3.63. The summed E-state index contributed by atoms with van der Waals surface area (Å²) in [5, 5.41) is 10.2. The fourth-order valence-corrected chi connectivity index (χ4v) is 6.22. The monoisotopic (exact) mass is 680 g/mol. The Kier molecular flexibility index (Phi) is 11.5. The molecule has 0 aliphatic rings. The Hall–Kier alpha value is -5.59. The predicted molar refractivity (Wildman–Crippen MR) is 189 cm³/mol. The molecule has 0 aliphatic heterocycles. The second kappa shape index (κ2) is 16.3. The summed E-state index contributed by atoms with van der Waals surface area (Å²) in [6.07, 6.45) is 3.13. The minimum atomic E-state index is -0.598. The number of thioether (sulfide) groups is 1. The first-order valence-corrected chi connectivity index (χ1v) is 16.4. The fourth-order valence-electron chi connectivity index (χ4n) is 4.60. The van der Waals surface area contributed by atoms with Crippen LogP contribution in [-0.4, -0.2) is 44.0 Å². The Morgan fingerprint density at radius 2 is 1.48 bits per heavy atom. The first kappa shape index (κ1) is 33.8. The zero-order valence-corrected chi connectivity index (χ0v) is 27.9. The van der Waals surface area contributed by atoms with Crippen LogP contribution >= 0.6 is 23.1 Å². The van der Waals surface area contributed by atoms with Gasteiger partial charge in [-0.15, -0.1) is 23.1 Å². The largest absolute Gasteiger partial charge is 0.496 e. The van der Waals surface area contributed by atoms with E-state index in [1.165, 1.54) is 50.5 Å². The normalized spacial score (nSPS) is 11.6. The van der Waals surface area contributed by atoms with Crippen LogP contribution < -0.4 is 30.2 Å². The van der Waals surface area contributed by atoms with Gasteiger partial charge in [0.1, 0.15) is 16.7 Å². The number of anilines is 2. The molecule has 3 N–H and O–H groups in total. The van der Waals surface area contributed by atoms with Crippen molar-refractivity contribution in [3.8, 4) is 17.2 Å². The number of nitrogens with one attached hydrogen (secondary N) is 3. The molecule has 0 radical (unpaired) electrons. The fraction of sp³-hybridized carbons (Fsp3) is 0.111. The summed E-state index contributed by atoms with van der Waals surface area (Å²) in [5.41, 5.74) is 2.06. The van der Waals surface area contributed by atoms with Gasteiger partial charge in [0.2, 0.25) is 5.91 Å². The van der Waals surface area contributed by atoms with E-state index in [9.17, 15) is 14.4 Å². The molecule has 0 fully saturated rings. The maximum Gasteiger partial charge on any atom is 0.272 e. The maximum atomic E-state index is 13.8. The van der Waals surface area contributed by atoms with Gasteiger partial charge < -0.3 is 30.2 Å². The number of hydrogen-bond donors (Lipinski definition) is 3. The number of ether oxygens (including phenoxy) is 3. The molecule has 0 bridgehead atoms. The number of amides is 3. The first-order chi connectivity index (χ1) is 23.4. The van der Waals surface area contributed by atoms with Crippen molar-refractivity contribution in [3.05, 3.63) is 131 Å². The van der Waals surface area contributed by atoms with Gasteiger partial charge in [0.25, 0.3) is 11.8 Å². The van der Waals surface area contributed by atoms with E-state index in [0.717, 1.165) is 10.5 Å². The van der Waals surface area contributed by atoms with E-state index in [2.05, 4.69) is 20.9 Å². The number of carbonyl (C=O) groups is 3. The number of nitrogens with zero attached hydrogens (tertiary/aromatic N) is 1.